The topological polar surface area (TPSA) is 85.1 Å². The molecule has 1 aromatic carbocycles. The Bertz CT molecular complexity index is 698. The molecule has 0 saturated heterocycles. The van der Waals surface area contributed by atoms with Gasteiger partial charge in [0.05, 0.1) is 0 Å². The average molecular weight is 347 g/mol. The standard InChI is InChI=1S/C17H21N3O3S/c1-12(21)11-17(2,3)18-14(22)9-10-24-16-20-19-15(23-16)13-7-5-4-6-8-13/h4-8H,9-11H2,1-3H3,(H,18,22). The molecular weight excluding hydrogens is 326 g/mol. The first kappa shape index (κ1) is 18.2. The van der Waals surface area contributed by atoms with Crippen LogP contribution in [0.1, 0.15) is 33.6 Å². The minimum absolute atomic E-state index is 0.0500. The second-order valence-electron chi connectivity index (χ2n) is 6.15. The van der Waals surface area contributed by atoms with E-state index in [1.54, 1.807) is 0 Å². The predicted molar refractivity (Wildman–Crippen MR) is 92.6 cm³/mol. The van der Waals surface area contributed by atoms with E-state index in [1.807, 2.05) is 44.2 Å². The van der Waals surface area contributed by atoms with Crippen LogP contribution in [0.3, 0.4) is 0 Å². The maximum absolute atomic E-state index is 12.0. The van der Waals surface area contributed by atoms with Gasteiger partial charge in [0.2, 0.25) is 11.8 Å². The minimum atomic E-state index is -0.529. The maximum Gasteiger partial charge on any atom is 0.276 e. The van der Waals surface area contributed by atoms with Crippen molar-refractivity contribution < 1.29 is 14.0 Å². The molecule has 0 radical (unpaired) electrons. The molecule has 2 aromatic rings. The van der Waals surface area contributed by atoms with Gasteiger partial charge in [-0.05, 0) is 32.9 Å². The van der Waals surface area contributed by atoms with Gasteiger partial charge in [0.25, 0.3) is 5.22 Å². The van der Waals surface area contributed by atoms with Crippen molar-refractivity contribution in [2.45, 2.75) is 44.4 Å². The molecule has 0 unspecified atom stereocenters. The number of carbonyl (C=O) groups excluding carboxylic acids is 2. The van der Waals surface area contributed by atoms with Crippen LogP contribution in [0.5, 0.6) is 0 Å². The fourth-order valence-corrected chi connectivity index (χ4v) is 3.00. The Hall–Kier alpha value is -2.15. The second kappa shape index (κ2) is 8.10. The third kappa shape index (κ3) is 5.81. The molecular formula is C17H21N3O3S. The molecule has 0 fully saturated rings. The van der Waals surface area contributed by atoms with Crippen LogP contribution in [-0.2, 0) is 9.59 Å². The monoisotopic (exact) mass is 347 g/mol. The molecule has 0 saturated carbocycles. The molecule has 128 valence electrons. The van der Waals surface area contributed by atoms with E-state index >= 15 is 0 Å². The lowest BCUT2D eigenvalue weighted by Gasteiger charge is -2.24. The van der Waals surface area contributed by atoms with Crippen LogP contribution in [0.25, 0.3) is 11.5 Å². The fraction of sp³-hybridized carbons (Fsp3) is 0.412. The smallest absolute Gasteiger partial charge is 0.276 e. The highest BCUT2D eigenvalue weighted by atomic mass is 32.2. The average Bonchev–Trinajstić information content (AvgIpc) is 2.95. The molecule has 0 aliphatic heterocycles. The minimum Gasteiger partial charge on any atom is -0.411 e. The lowest BCUT2D eigenvalue weighted by Crippen LogP contribution is -2.44. The number of ketones is 1. The van der Waals surface area contributed by atoms with Gasteiger partial charge in [-0.1, -0.05) is 30.0 Å². The number of aromatic nitrogens is 2. The number of carbonyl (C=O) groups is 2. The van der Waals surface area contributed by atoms with Crippen LogP contribution in [-0.4, -0.2) is 33.2 Å². The highest BCUT2D eigenvalue weighted by Crippen LogP contribution is 2.23. The van der Waals surface area contributed by atoms with Gasteiger partial charge in [0.1, 0.15) is 5.78 Å². The Labute approximate surface area is 145 Å². The van der Waals surface area contributed by atoms with E-state index in [9.17, 15) is 9.59 Å². The molecule has 1 amide bonds. The van der Waals surface area contributed by atoms with Gasteiger partial charge in [-0.15, -0.1) is 10.2 Å². The van der Waals surface area contributed by atoms with Gasteiger partial charge >= 0.3 is 0 Å². The number of amides is 1. The number of hydrogen-bond acceptors (Lipinski definition) is 6. The highest BCUT2D eigenvalue weighted by Gasteiger charge is 2.22. The number of benzene rings is 1. The van der Waals surface area contributed by atoms with Gasteiger partial charge in [0, 0.05) is 29.7 Å². The molecule has 0 aliphatic rings. The van der Waals surface area contributed by atoms with Crippen molar-refractivity contribution in [1.82, 2.24) is 15.5 Å². The first-order valence-corrected chi connectivity index (χ1v) is 8.66. The third-order valence-corrected chi connectivity index (χ3v) is 3.97. The van der Waals surface area contributed by atoms with Crippen LogP contribution in [0.2, 0.25) is 0 Å². The summed E-state index contributed by atoms with van der Waals surface area (Å²) in [5, 5.41) is 11.3. The number of rotatable bonds is 8. The quantitative estimate of drug-likeness (QED) is 0.739. The van der Waals surface area contributed by atoms with E-state index in [-0.39, 0.29) is 11.7 Å². The molecule has 0 aliphatic carbocycles. The summed E-state index contributed by atoms with van der Waals surface area (Å²) in [4.78, 5) is 23.1. The zero-order chi connectivity index (χ0) is 17.6. The van der Waals surface area contributed by atoms with E-state index in [0.717, 1.165) is 5.56 Å². The largest absolute Gasteiger partial charge is 0.411 e. The normalized spacial score (nSPS) is 11.3. The summed E-state index contributed by atoms with van der Waals surface area (Å²) < 4.78 is 5.57. The van der Waals surface area contributed by atoms with E-state index in [2.05, 4.69) is 15.5 Å². The predicted octanol–water partition coefficient (Wildman–Crippen LogP) is 3.09. The van der Waals surface area contributed by atoms with E-state index in [0.29, 0.717) is 29.7 Å². The first-order valence-electron chi connectivity index (χ1n) is 7.68. The van der Waals surface area contributed by atoms with Crippen LogP contribution in [0.4, 0.5) is 0 Å². The number of hydrogen-bond donors (Lipinski definition) is 1. The molecule has 1 heterocycles. The lowest BCUT2D eigenvalue weighted by molar-refractivity contribution is -0.123. The van der Waals surface area contributed by atoms with Crippen LogP contribution in [0.15, 0.2) is 40.0 Å². The fourth-order valence-electron chi connectivity index (χ4n) is 2.30. The van der Waals surface area contributed by atoms with Gasteiger partial charge in [0.15, 0.2) is 0 Å². The molecule has 0 atom stereocenters. The molecule has 1 aromatic heterocycles. The van der Waals surface area contributed by atoms with E-state index < -0.39 is 5.54 Å². The van der Waals surface area contributed by atoms with Crippen LogP contribution >= 0.6 is 11.8 Å². The van der Waals surface area contributed by atoms with Crippen LogP contribution < -0.4 is 5.32 Å². The summed E-state index contributed by atoms with van der Waals surface area (Å²) in [5.74, 6) is 0.939. The van der Waals surface area contributed by atoms with E-state index in [1.165, 1.54) is 18.7 Å². The molecule has 24 heavy (non-hydrogen) atoms. The van der Waals surface area contributed by atoms with Crippen molar-refractivity contribution >= 4 is 23.5 Å². The third-order valence-electron chi connectivity index (χ3n) is 3.15. The molecule has 7 heteroatoms. The Morgan fingerprint density at radius 3 is 2.58 bits per heavy atom. The van der Waals surface area contributed by atoms with Gasteiger partial charge in [-0.25, -0.2) is 0 Å². The maximum atomic E-state index is 12.0. The zero-order valence-electron chi connectivity index (χ0n) is 14.0. The van der Waals surface area contributed by atoms with Crippen molar-refractivity contribution in [1.29, 1.82) is 0 Å². The number of Topliss-reactive ketones (excluding diaryl/α,β-unsaturated/α-hetero) is 1. The summed E-state index contributed by atoms with van der Waals surface area (Å²) in [7, 11) is 0. The zero-order valence-corrected chi connectivity index (χ0v) is 14.9. The Morgan fingerprint density at radius 1 is 1.21 bits per heavy atom. The Balaban J connectivity index is 1.79. The second-order valence-corrected chi connectivity index (χ2v) is 7.19. The van der Waals surface area contributed by atoms with Crippen molar-refractivity contribution in [3.63, 3.8) is 0 Å². The van der Waals surface area contributed by atoms with Crippen molar-refractivity contribution in [2.24, 2.45) is 0 Å². The number of thioether (sulfide) groups is 1. The van der Waals surface area contributed by atoms with Crippen molar-refractivity contribution in [3.8, 4) is 11.5 Å². The summed E-state index contributed by atoms with van der Waals surface area (Å²) in [6.45, 7) is 5.19. The molecule has 1 N–H and O–H groups in total. The van der Waals surface area contributed by atoms with Gasteiger partial charge in [-0.3, -0.25) is 9.59 Å². The number of nitrogens with zero attached hydrogens (tertiary/aromatic N) is 2. The van der Waals surface area contributed by atoms with Crippen molar-refractivity contribution in [3.05, 3.63) is 30.3 Å². The summed E-state index contributed by atoms with van der Waals surface area (Å²) in [6, 6.07) is 9.51. The lowest BCUT2D eigenvalue weighted by atomic mass is 9.98. The molecule has 2 rings (SSSR count). The van der Waals surface area contributed by atoms with Crippen molar-refractivity contribution in [2.75, 3.05) is 5.75 Å². The summed E-state index contributed by atoms with van der Waals surface area (Å²) in [5.41, 5.74) is 0.332. The summed E-state index contributed by atoms with van der Waals surface area (Å²) in [6.07, 6.45) is 0.630. The molecule has 0 spiro atoms. The Morgan fingerprint density at radius 2 is 1.92 bits per heavy atom. The molecule has 0 bridgehead atoms. The van der Waals surface area contributed by atoms with Gasteiger partial charge in [-0.2, -0.15) is 0 Å². The van der Waals surface area contributed by atoms with Crippen LogP contribution in [0, 0.1) is 0 Å². The number of nitrogens with one attached hydrogen (secondary N) is 1. The van der Waals surface area contributed by atoms with E-state index in [4.69, 9.17) is 4.42 Å². The Kier molecular flexibility index (Phi) is 6.14. The first-order chi connectivity index (χ1) is 11.4. The van der Waals surface area contributed by atoms with Gasteiger partial charge < -0.3 is 9.73 Å². The molecule has 6 nitrogen and oxygen atoms in total. The SMILES string of the molecule is CC(=O)CC(C)(C)NC(=O)CCSc1nnc(-c2ccccc2)o1. The highest BCUT2D eigenvalue weighted by molar-refractivity contribution is 7.99. The summed E-state index contributed by atoms with van der Waals surface area (Å²) >= 11 is 1.34.